The fraction of sp³-hybridized carbons (Fsp3) is 0.130. The number of hydrogen-bond acceptors (Lipinski definition) is 4. The van der Waals surface area contributed by atoms with Gasteiger partial charge in [-0.2, -0.15) is 0 Å². The van der Waals surface area contributed by atoms with Crippen LogP contribution in [0.5, 0.6) is 5.75 Å². The summed E-state index contributed by atoms with van der Waals surface area (Å²) in [6.45, 7) is 3.64. The van der Waals surface area contributed by atoms with Gasteiger partial charge < -0.3 is 14.5 Å². The van der Waals surface area contributed by atoms with Crippen molar-refractivity contribution in [3.63, 3.8) is 0 Å². The van der Waals surface area contributed by atoms with Gasteiger partial charge in [-0.3, -0.25) is 4.79 Å². The number of benzene rings is 3. The number of oxazole rings is 1. The first-order chi connectivity index (χ1) is 14.4. The van der Waals surface area contributed by atoms with E-state index in [1.54, 1.807) is 37.3 Å². The first kappa shape index (κ1) is 20.3. The second-order valence-electron chi connectivity index (χ2n) is 6.90. The van der Waals surface area contributed by atoms with Crippen molar-refractivity contribution in [2.75, 3.05) is 5.32 Å². The van der Waals surface area contributed by atoms with Gasteiger partial charge in [-0.25, -0.2) is 4.98 Å². The molecule has 1 atom stereocenters. The van der Waals surface area contributed by atoms with Crippen LogP contribution in [0, 0.1) is 6.92 Å². The number of aryl methyl sites for hydroxylation is 1. The molecule has 0 aliphatic heterocycles. The van der Waals surface area contributed by atoms with Gasteiger partial charge in [-0.05, 0) is 67.9 Å². The molecule has 4 aromatic rings. The number of carbonyl (C=O) groups is 1. The molecule has 1 amide bonds. The first-order valence-corrected chi connectivity index (χ1v) is 10.0. The molecule has 0 spiro atoms. The van der Waals surface area contributed by atoms with Crippen molar-refractivity contribution in [2.24, 2.45) is 0 Å². The number of anilines is 1. The van der Waals surface area contributed by atoms with Gasteiger partial charge in [-0.15, -0.1) is 0 Å². The SMILES string of the molecule is Cc1ccc2nc(-c3cccc(NC(=O)C(C)Oc4ccc(Cl)cc4Cl)c3)oc2c1. The van der Waals surface area contributed by atoms with Crippen LogP contribution < -0.4 is 10.1 Å². The van der Waals surface area contributed by atoms with E-state index < -0.39 is 6.10 Å². The van der Waals surface area contributed by atoms with E-state index in [4.69, 9.17) is 32.4 Å². The normalized spacial score (nSPS) is 12.0. The molecule has 0 aliphatic carbocycles. The Morgan fingerprint density at radius 1 is 1.10 bits per heavy atom. The third kappa shape index (κ3) is 4.42. The number of hydrogen-bond donors (Lipinski definition) is 1. The fourth-order valence-electron chi connectivity index (χ4n) is 2.94. The van der Waals surface area contributed by atoms with Gasteiger partial charge in [-0.1, -0.05) is 35.3 Å². The molecule has 7 heteroatoms. The third-order valence-corrected chi connectivity index (χ3v) is 5.02. The van der Waals surface area contributed by atoms with Gasteiger partial charge in [0.2, 0.25) is 5.89 Å². The summed E-state index contributed by atoms with van der Waals surface area (Å²) >= 11 is 12.0. The van der Waals surface area contributed by atoms with E-state index in [1.807, 2.05) is 37.3 Å². The van der Waals surface area contributed by atoms with Crippen LogP contribution in [0.1, 0.15) is 12.5 Å². The Kier molecular flexibility index (Phi) is 5.66. The molecule has 1 aromatic heterocycles. The van der Waals surface area contributed by atoms with Crippen molar-refractivity contribution >= 4 is 45.9 Å². The van der Waals surface area contributed by atoms with Crippen molar-refractivity contribution in [3.05, 3.63) is 76.3 Å². The van der Waals surface area contributed by atoms with Crippen LogP contribution in [-0.2, 0) is 4.79 Å². The Labute approximate surface area is 183 Å². The van der Waals surface area contributed by atoms with Gasteiger partial charge >= 0.3 is 0 Å². The largest absolute Gasteiger partial charge is 0.479 e. The summed E-state index contributed by atoms with van der Waals surface area (Å²) in [5, 5.41) is 3.68. The number of fused-ring (bicyclic) bond motifs is 1. The summed E-state index contributed by atoms with van der Waals surface area (Å²) in [4.78, 5) is 17.1. The van der Waals surface area contributed by atoms with Crippen LogP contribution in [0.2, 0.25) is 10.0 Å². The maximum Gasteiger partial charge on any atom is 0.265 e. The van der Waals surface area contributed by atoms with Crippen LogP contribution in [0.3, 0.4) is 0 Å². The quantitative estimate of drug-likeness (QED) is 0.383. The van der Waals surface area contributed by atoms with E-state index in [1.165, 1.54) is 0 Å². The zero-order valence-corrected chi connectivity index (χ0v) is 17.8. The van der Waals surface area contributed by atoms with Crippen molar-refractivity contribution in [1.29, 1.82) is 0 Å². The number of ether oxygens (including phenoxy) is 1. The molecule has 1 unspecified atom stereocenters. The summed E-state index contributed by atoms with van der Waals surface area (Å²) < 4.78 is 11.5. The average Bonchev–Trinajstić information content (AvgIpc) is 3.13. The van der Waals surface area contributed by atoms with Crippen LogP contribution in [-0.4, -0.2) is 17.0 Å². The highest BCUT2D eigenvalue weighted by Gasteiger charge is 2.17. The van der Waals surface area contributed by atoms with Crippen LogP contribution in [0.15, 0.2) is 65.1 Å². The average molecular weight is 441 g/mol. The minimum absolute atomic E-state index is 0.314. The zero-order chi connectivity index (χ0) is 21.3. The van der Waals surface area contributed by atoms with E-state index in [-0.39, 0.29) is 5.91 Å². The molecule has 5 nitrogen and oxygen atoms in total. The molecule has 30 heavy (non-hydrogen) atoms. The summed E-state index contributed by atoms with van der Waals surface area (Å²) in [5.74, 6) is 0.564. The monoisotopic (exact) mass is 440 g/mol. The lowest BCUT2D eigenvalue weighted by Crippen LogP contribution is -2.30. The molecule has 1 N–H and O–H groups in total. The second-order valence-corrected chi connectivity index (χ2v) is 7.74. The van der Waals surface area contributed by atoms with Crippen molar-refractivity contribution in [2.45, 2.75) is 20.0 Å². The first-order valence-electron chi connectivity index (χ1n) is 9.29. The maximum absolute atomic E-state index is 12.6. The van der Waals surface area contributed by atoms with Crippen LogP contribution in [0.25, 0.3) is 22.6 Å². The third-order valence-electron chi connectivity index (χ3n) is 4.49. The van der Waals surface area contributed by atoms with Crippen molar-refractivity contribution < 1.29 is 13.9 Å². The Morgan fingerprint density at radius 2 is 1.93 bits per heavy atom. The standard InChI is InChI=1S/C23H18Cl2N2O3/c1-13-6-8-19-21(10-13)30-23(27-19)15-4-3-5-17(11-15)26-22(28)14(2)29-20-9-7-16(24)12-18(20)25/h3-12,14H,1-2H3,(H,26,28). The predicted molar refractivity (Wildman–Crippen MR) is 119 cm³/mol. The Hall–Kier alpha value is -3.02. The summed E-state index contributed by atoms with van der Waals surface area (Å²) in [6, 6.07) is 18.0. The molecular formula is C23H18Cl2N2O3. The zero-order valence-electron chi connectivity index (χ0n) is 16.3. The number of amides is 1. The molecule has 0 radical (unpaired) electrons. The number of rotatable bonds is 5. The minimum atomic E-state index is -0.764. The van der Waals surface area contributed by atoms with Crippen LogP contribution >= 0.6 is 23.2 Å². The lowest BCUT2D eigenvalue weighted by atomic mass is 10.2. The van der Waals surface area contributed by atoms with Gasteiger partial charge in [0, 0.05) is 16.3 Å². The highest BCUT2D eigenvalue weighted by Crippen LogP contribution is 2.29. The van der Waals surface area contributed by atoms with Gasteiger partial charge in [0.1, 0.15) is 11.3 Å². The van der Waals surface area contributed by atoms with E-state index in [2.05, 4.69) is 10.3 Å². The second kappa shape index (κ2) is 8.38. The van der Waals surface area contributed by atoms with Gasteiger partial charge in [0.15, 0.2) is 11.7 Å². The summed E-state index contributed by atoms with van der Waals surface area (Å²) in [7, 11) is 0. The molecular weight excluding hydrogens is 423 g/mol. The van der Waals surface area contributed by atoms with Crippen LogP contribution in [0.4, 0.5) is 5.69 Å². The minimum Gasteiger partial charge on any atom is -0.479 e. The number of carbonyl (C=O) groups excluding carboxylic acids is 1. The van der Waals surface area contributed by atoms with Gasteiger partial charge in [0.05, 0.1) is 5.02 Å². The van der Waals surface area contributed by atoms with E-state index >= 15 is 0 Å². The molecule has 0 saturated carbocycles. The number of halogens is 2. The number of nitrogens with zero attached hydrogens (tertiary/aromatic N) is 1. The molecule has 0 saturated heterocycles. The van der Waals surface area contributed by atoms with E-state index in [0.717, 1.165) is 22.2 Å². The highest BCUT2D eigenvalue weighted by molar-refractivity contribution is 6.35. The molecule has 3 aromatic carbocycles. The molecule has 4 rings (SSSR count). The molecule has 152 valence electrons. The smallest absolute Gasteiger partial charge is 0.265 e. The maximum atomic E-state index is 12.6. The number of nitrogens with one attached hydrogen (secondary N) is 1. The Bertz CT molecular complexity index is 1240. The topological polar surface area (TPSA) is 64.4 Å². The lowest BCUT2D eigenvalue weighted by molar-refractivity contribution is -0.122. The van der Waals surface area contributed by atoms with Crippen molar-refractivity contribution in [1.82, 2.24) is 4.98 Å². The van der Waals surface area contributed by atoms with Gasteiger partial charge in [0.25, 0.3) is 5.91 Å². The molecule has 0 aliphatic rings. The summed E-state index contributed by atoms with van der Waals surface area (Å²) in [5.41, 5.74) is 3.97. The van der Waals surface area contributed by atoms with Crippen molar-refractivity contribution in [3.8, 4) is 17.2 Å². The lowest BCUT2D eigenvalue weighted by Gasteiger charge is -2.16. The van der Waals surface area contributed by atoms with E-state index in [9.17, 15) is 4.79 Å². The highest BCUT2D eigenvalue weighted by atomic mass is 35.5. The Balaban J connectivity index is 1.49. The summed E-state index contributed by atoms with van der Waals surface area (Å²) in [6.07, 6.45) is -0.764. The predicted octanol–water partition coefficient (Wildman–Crippen LogP) is 6.52. The molecule has 1 heterocycles. The Morgan fingerprint density at radius 3 is 2.73 bits per heavy atom. The number of aromatic nitrogens is 1. The molecule has 0 bridgehead atoms. The van der Waals surface area contributed by atoms with E-state index in [0.29, 0.717) is 27.4 Å². The molecule has 0 fully saturated rings. The fourth-order valence-corrected chi connectivity index (χ4v) is 3.40.